The van der Waals surface area contributed by atoms with E-state index in [2.05, 4.69) is 6.92 Å². The van der Waals surface area contributed by atoms with E-state index in [1.54, 1.807) is 48.5 Å². The summed E-state index contributed by atoms with van der Waals surface area (Å²) in [4.78, 5) is 24.7. The number of nitrogens with zero attached hydrogens (tertiary/aromatic N) is 1. The summed E-state index contributed by atoms with van der Waals surface area (Å²) in [5.74, 6) is 0.321. The Kier molecular flexibility index (Phi) is 9.89. The summed E-state index contributed by atoms with van der Waals surface area (Å²) >= 11 is 0. The lowest BCUT2D eigenvalue weighted by molar-refractivity contribution is 0.0730. The average Bonchev–Trinajstić information content (AvgIpc) is 2.89. The molecule has 0 N–H and O–H groups in total. The molecule has 35 heavy (non-hydrogen) atoms. The lowest BCUT2D eigenvalue weighted by Crippen LogP contribution is -2.10. The van der Waals surface area contributed by atoms with E-state index in [-0.39, 0.29) is 0 Å². The number of nitriles is 1. The SMILES string of the molecule is CCCCCCCCOc1ccc(C(=O)Oc2ccc(C(=O)Oc3ccc(C#N)cc3)cc2)cc1. The van der Waals surface area contributed by atoms with Crippen LogP contribution < -0.4 is 14.2 Å². The molecule has 0 bridgehead atoms. The van der Waals surface area contributed by atoms with Crippen LogP contribution in [0, 0.1) is 11.3 Å². The van der Waals surface area contributed by atoms with Crippen molar-refractivity contribution in [3.8, 4) is 23.3 Å². The van der Waals surface area contributed by atoms with Crippen LogP contribution in [-0.4, -0.2) is 18.5 Å². The van der Waals surface area contributed by atoms with Crippen molar-refractivity contribution in [3.63, 3.8) is 0 Å². The zero-order valence-electron chi connectivity index (χ0n) is 19.9. The van der Waals surface area contributed by atoms with E-state index in [0.717, 1.165) is 18.6 Å². The van der Waals surface area contributed by atoms with E-state index in [0.29, 0.717) is 34.8 Å². The normalized spacial score (nSPS) is 10.3. The van der Waals surface area contributed by atoms with Crippen LogP contribution in [0.25, 0.3) is 0 Å². The summed E-state index contributed by atoms with van der Waals surface area (Å²) in [7, 11) is 0. The highest BCUT2D eigenvalue weighted by atomic mass is 16.5. The van der Waals surface area contributed by atoms with E-state index in [4.69, 9.17) is 19.5 Å². The Morgan fingerprint density at radius 3 is 1.63 bits per heavy atom. The Labute approximate surface area is 206 Å². The van der Waals surface area contributed by atoms with Gasteiger partial charge in [0, 0.05) is 0 Å². The molecule has 0 radical (unpaired) electrons. The molecule has 0 aliphatic carbocycles. The Hall–Kier alpha value is -4.11. The first-order valence-corrected chi connectivity index (χ1v) is 11.9. The molecule has 0 unspecified atom stereocenters. The standard InChI is InChI=1S/C29H29NO5/c1-2-3-4-5-6-7-20-33-25-16-10-23(11-17-25)28(31)35-27-18-12-24(13-19-27)29(32)34-26-14-8-22(21-30)9-15-26/h8-19H,2-7,20H2,1H3. The number of rotatable bonds is 12. The van der Waals surface area contributed by atoms with Gasteiger partial charge in [-0.3, -0.25) is 0 Å². The largest absolute Gasteiger partial charge is 0.494 e. The third kappa shape index (κ3) is 8.31. The van der Waals surface area contributed by atoms with Gasteiger partial charge in [-0.1, -0.05) is 39.0 Å². The van der Waals surface area contributed by atoms with E-state index in [1.807, 2.05) is 6.07 Å². The molecule has 0 saturated heterocycles. The average molecular weight is 472 g/mol. The van der Waals surface area contributed by atoms with Crippen molar-refractivity contribution in [1.29, 1.82) is 5.26 Å². The molecule has 0 aliphatic rings. The van der Waals surface area contributed by atoms with Crippen molar-refractivity contribution >= 4 is 11.9 Å². The number of carbonyl (C=O) groups excluding carboxylic acids is 2. The number of carbonyl (C=O) groups is 2. The number of unbranched alkanes of at least 4 members (excludes halogenated alkanes) is 5. The van der Waals surface area contributed by atoms with Crippen LogP contribution in [0.3, 0.4) is 0 Å². The maximum Gasteiger partial charge on any atom is 0.343 e. The van der Waals surface area contributed by atoms with Gasteiger partial charge in [-0.25, -0.2) is 9.59 Å². The first-order valence-electron chi connectivity index (χ1n) is 11.9. The summed E-state index contributed by atoms with van der Waals surface area (Å²) < 4.78 is 16.4. The highest BCUT2D eigenvalue weighted by Gasteiger charge is 2.12. The molecule has 0 atom stereocenters. The van der Waals surface area contributed by atoms with Crippen LogP contribution in [0.5, 0.6) is 17.2 Å². The van der Waals surface area contributed by atoms with Gasteiger partial charge in [0.2, 0.25) is 0 Å². The van der Waals surface area contributed by atoms with Gasteiger partial charge in [-0.2, -0.15) is 5.26 Å². The Morgan fingerprint density at radius 1 is 0.657 bits per heavy atom. The second-order valence-corrected chi connectivity index (χ2v) is 8.08. The third-order valence-electron chi connectivity index (χ3n) is 5.35. The fourth-order valence-corrected chi connectivity index (χ4v) is 3.35. The van der Waals surface area contributed by atoms with E-state index >= 15 is 0 Å². The first kappa shape index (κ1) is 25.5. The molecule has 3 rings (SSSR count). The minimum absolute atomic E-state index is 0.307. The molecule has 180 valence electrons. The molecule has 0 fully saturated rings. The van der Waals surface area contributed by atoms with Crippen molar-refractivity contribution in [2.45, 2.75) is 45.4 Å². The summed E-state index contributed by atoms with van der Waals surface area (Å²) in [6.45, 7) is 2.87. The highest BCUT2D eigenvalue weighted by Crippen LogP contribution is 2.19. The smallest absolute Gasteiger partial charge is 0.343 e. The molecule has 0 aliphatic heterocycles. The van der Waals surface area contributed by atoms with Crippen LogP contribution in [0.2, 0.25) is 0 Å². The molecular weight excluding hydrogens is 442 g/mol. The van der Waals surface area contributed by atoms with Gasteiger partial charge in [0.25, 0.3) is 0 Å². The van der Waals surface area contributed by atoms with E-state index in [1.165, 1.54) is 49.9 Å². The van der Waals surface area contributed by atoms with Crippen molar-refractivity contribution in [3.05, 3.63) is 89.5 Å². The first-order chi connectivity index (χ1) is 17.1. The Bertz CT molecular complexity index is 1130. The predicted octanol–water partition coefficient (Wildman–Crippen LogP) is 6.74. The number of hydrogen-bond acceptors (Lipinski definition) is 6. The fourth-order valence-electron chi connectivity index (χ4n) is 3.35. The van der Waals surface area contributed by atoms with Gasteiger partial charge in [0.15, 0.2) is 0 Å². The molecule has 6 nitrogen and oxygen atoms in total. The second-order valence-electron chi connectivity index (χ2n) is 8.08. The summed E-state index contributed by atoms with van der Waals surface area (Å²) in [6, 6.07) is 21.2. The number of benzene rings is 3. The molecule has 0 saturated carbocycles. The van der Waals surface area contributed by atoms with E-state index < -0.39 is 11.9 Å². The molecule has 3 aromatic rings. The number of hydrogen-bond donors (Lipinski definition) is 0. The maximum atomic E-state index is 12.4. The van der Waals surface area contributed by atoms with Crippen molar-refractivity contribution < 1.29 is 23.8 Å². The van der Waals surface area contributed by atoms with Gasteiger partial charge >= 0.3 is 11.9 Å². The highest BCUT2D eigenvalue weighted by molar-refractivity contribution is 5.92. The lowest BCUT2D eigenvalue weighted by atomic mass is 10.1. The maximum absolute atomic E-state index is 12.4. The quantitative estimate of drug-likeness (QED) is 0.165. The molecule has 6 heteroatoms. The van der Waals surface area contributed by atoms with Crippen LogP contribution in [0.4, 0.5) is 0 Å². The molecule has 0 amide bonds. The molecule has 0 heterocycles. The minimum Gasteiger partial charge on any atom is -0.494 e. The predicted molar refractivity (Wildman–Crippen MR) is 133 cm³/mol. The Balaban J connectivity index is 1.45. The van der Waals surface area contributed by atoms with Crippen molar-refractivity contribution in [2.24, 2.45) is 0 Å². The topological polar surface area (TPSA) is 85.6 Å². The monoisotopic (exact) mass is 471 g/mol. The van der Waals surface area contributed by atoms with Crippen LogP contribution in [0.1, 0.15) is 71.7 Å². The van der Waals surface area contributed by atoms with Crippen LogP contribution in [-0.2, 0) is 0 Å². The molecular formula is C29H29NO5. The fraction of sp³-hybridized carbons (Fsp3) is 0.276. The third-order valence-corrected chi connectivity index (χ3v) is 5.35. The number of esters is 2. The second kappa shape index (κ2) is 13.6. The van der Waals surface area contributed by atoms with E-state index in [9.17, 15) is 9.59 Å². The summed E-state index contributed by atoms with van der Waals surface area (Å²) in [5, 5.41) is 8.83. The Morgan fingerprint density at radius 2 is 1.11 bits per heavy atom. The van der Waals surface area contributed by atoms with Gasteiger partial charge < -0.3 is 14.2 Å². The molecule has 3 aromatic carbocycles. The van der Waals surface area contributed by atoms with Gasteiger partial charge in [0.05, 0.1) is 29.4 Å². The van der Waals surface area contributed by atoms with Gasteiger partial charge in [-0.15, -0.1) is 0 Å². The van der Waals surface area contributed by atoms with Crippen molar-refractivity contribution in [1.82, 2.24) is 0 Å². The summed E-state index contributed by atoms with van der Waals surface area (Å²) in [5.41, 5.74) is 1.19. The molecule has 0 spiro atoms. The van der Waals surface area contributed by atoms with Crippen LogP contribution >= 0.6 is 0 Å². The minimum atomic E-state index is -0.552. The molecule has 0 aromatic heterocycles. The van der Waals surface area contributed by atoms with Gasteiger partial charge in [-0.05, 0) is 79.2 Å². The number of ether oxygens (including phenoxy) is 3. The zero-order chi connectivity index (χ0) is 24.9. The summed E-state index contributed by atoms with van der Waals surface area (Å²) in [6.07, 6.45) is 7.22. The van der Waals surface area contributed by atoms with Gasteiger partial charge in [0.1, 0.15) is 17.2 Å². The van der Waals surface area contributed by atoms with Crippen LogP contribution in [0.15, 0.2) is 72.8 Å². The van der Waals surface area contributed by atoms with Crippen molar-refractivity contribution in [2.75, 3.05) is 6.61 Å². The lowest BCUT2D eigenvalue weighted by Gasteiger charge is -2.08. The zero-order valence-corrected chi connectivity index (χ0v) is 19.9.